The first-order valence-corrected chi connectivity index (χ1v) is 10.00. The molecule has 13 heavy (non-hydrogen) atoms. The molecule has 2 bridgehead atoms. The summed E-state index contributed by atoms with van der Waals surface area (Å²) >= 11 is 17.7. The van der Waals surface area contributed by atoms with E-state index in [1.165, 1.54) is 19.3 Å². The van der Waals surface area contributed by atoms with Crippen LogP contribution < -0.4 is 0 Å². The van der Waals surface area contributed by atoms with Gasteiger partial charge in [0.25, 0.3) is 0 Å². The quantitative estimate of drug-likeness (QED) is 0.399. The lowest BCUT2D eigenvalue weighted by Crippen LogP contribution is -2.17. The maximum Gasteiger partial charge on any atom is 0.341 e. The van der Waals surface area contributed by atoms with Gasteiger partial charge in [0.15, 0.2) is 0 Å². The van der Waals surface area contributed by atoms with Crippen LogP contribution in [0.1, 0.15) is 25.7 Å². The van der Waals surface area contributed by atoms with E-state index < -0.39 is 6.00 Å². The monoisotopic (exact) mass is 254 g/mol. The molecular formula is C9H13Cl3Si. The maximum absolute atomic E-state index is 5.89. The molecule has 0 amide bonds. The largest absolute Gasteiger partial charge is 0.341 e. The third kappa shape index (κ3) is 2.44. The molecule has 0 nitrogen and oxygen atoms in total. The van der Waals surface area contributed by atoms with Gasteiger partial charge < -0.3 is 0 Å². The van der Waals surface area contributed by atoms with Crippen LogP contribution >= 0.6 is 33.2 Å². The number of halogens is 3. The van der Waals surface area contributed by atoms with Crippen LogP contribution in [0.25, 0.3) is 0 Å². The van der Waals surface area contributed by atoms with Crippen molar-refractivity contribution in [1.29, 1.82) is 0 Å². The Hall–Kier alpha value is 0.827. The van der Waals surface area contributed by atoms with Crippen LogP contribution in [0.15, 0.2) is 12.2 Å². The summed E-state index contributed by atoms with van der Waals surface area (Å²) < 4.78 is 0. The summed E-state index contributed by atoms with van der Waals surface area (Å²) in [7, 11) is 0. The fourth-order valence-corrected chi connectivity index (χ4v) is 4.19. The number of allylic oxidation sites excluding steroid dienone is 2. The highest BCUT2D eigenvalue weighted by Crippen LogP contribution is 2.53. The van der Waals surface area contributed by atoms with Crippen molar-refractivity contribution in [1.82, 2.24) is 0 Å². The molecule has 0 N–H and O–H groups in total. The highest BCUT2D eigenvalue weighted by atomic mass is 35.8. The minimum Gasteiger partial charge on any atom is -0.126 e. The van der Waals surface area contributed by atoms with E-state index in [0.717, 1.165) is 18.4 Å². The highest BCUT2D eigenvalue weighted by Gasteiger charge is 2.42. The van der Waals surface area contributed by atoms with Gasteiger partial charge in [-0.15, -0.1) is 33.2 Å². The molecule has 4 heteroatoms. The Morgan fingerprint density at radius 3 is 2.54 bits per heavy atom. The van der Waals surface area contributed by atoms with Gasteiger partial charge in [0.2, 0.25) is 0 Å². The predicted molar refractivity (Wildman–Crippen MR) is 61.7 cm³/mol. The topological polar surface area (TPSA) is 0 Å². The molecule has 0 aromatic heterocycles. The molecule has 0 spiro atoms. The number of hydrogen-bond acceptors (Lipinski definition) is 0. The highest BCUT2D eigenvalue weighted by molar-refractivity contribution is 7.64. The van der Waals surface area contributed by atoms with Crippen LogP contribution in [0.2, 0.25) is 6.04 Å². The lowest BCUT2D eigenvalue weighted by Gasteiger charge is -2.24. The second-order valence-corrected chi connectivity index (χ2v) is 13.6. The SMILES string of the molecule is Cl[Si](Cl)(Cl)CCC12C=CC(CC1)C2. The van der Waals surface area contributed by atoms with E-state index in [9.17, 15) is 0 Å². The first-order chi connectivity index (χ1) is 5.99. The molecule has 0 saturated heterocycles. The van der Waals surface area contributed by atoms with Crippen LogP contribution in [0.3, 0.4) is 0 Å². The van der Waals surface area contributed by atoms with Gasteiger partial charge in [0.1, 0.15) is 0 Å². The average molecular weight is 256 g/mol. The molecule has 0 radical (unpaired) electrons. The summed E-state index contributed by atoms with van der Waals surface area (Å²) in [6.45, 7) is 0. The molecular weight excluding hydrogens is 243 g/mol. The lowest BCUT2D eigenvalue weighted by atomic mass is 9.85. The van der Waals surface area contributed by atoms with Crippen LogP contribution in [0.5, 0.6) is 0 Å². The van der Waals surface area contributed by atoms with E-state index >= 15 is 0 Å². The van der Waals surface area contributed by atoms with Crippen molar-refractivity contribution in [2.45, 2.75) is 31.7 Å². The van der Waals surface area contributed by atoms with Crippen LogP contribution in [0, 0.1) is 11.3 Å². The number of rotatable bonds is 3. The van der Waals surface area contributed by atoms with Gasteiger partial charge >= 0.3 is 6.00 Å². The summed E-state index contributed by atoms with van der Waals surface area (Å²) in [5.74, 6) is 0.831. The fourth-order valence-electron chi connectivity index (χ4n) is 2.56. The van der Waals surface area contributed by atoms with Gasteiger partial charge in [-0.05, 0) is 43.1 Å². The van der Waals surface area contributed by atoms with Crippen molar-refractivity contribution in [2.75, 3.05) is 0 Å². The minimum absolute atomic E-state index is 0.418. The van der Waals surface area contributed by atoms with E-state index in [4.69, 9.17) is 33.2 Å². The van der Waals surface area contributed by atoms with E-state index in [-0.39, 0.29) is 0 Å². The van der Waals surface area contributed by atoms with Gasteiger partial charge in [-0.2, -0.15) is 0 Å². The standard InChI is InChI=1S/C9H13Cl3Si/c10-13(11,12)6-5-9-3-1-8(7-9)2-4-9/h1,3,8H,2,4-7H2. The Kier molecular flexibility index (Phi) is 2.74. The molecule has 0 aliphatic heterocycles. The molecule has 0 aromatic carbocycles. The molecule has 0 aromatic rings. The maximum atomic E-state index is 5.89. The average Bonchev–Trinajstić information content (AvgIpc) is 2.59. The van der Waals surface area contributed by atoms with Crippen LogP contribution in [-0.4, -0.2) is 6.00 Å². The van der Waals surface area contributed by atoms with Crippen molar-refractivity contribution in [3.8, 4) is 0 Å². The molecule has 0 heterocycles. The van der Waals surface area contributed by atoms with Crippen molar-refractivity contribution < 1.29 is 0 Å². The Bertz CT molecular complexity index is 234. The molecule has 2 unspecified atom stereocenters. The van der Waals surface area contributed by atoms with E-state index in [1.54, 1.807) is 0 Å². The molecule has 1 saturated carbocycles. The van der Waals surface area contributed by atoms with Crippen molar-refractivity contribution in [2.24, 2.45) is 11.3 Å². The zero-order chi connectivity index (χ0) is 9.53. The van der Waals surface area contributed by atoms with E-state index in [1.807, 2.05) is 0 Å². The third-order valence-corrected chi connectivity index (χ3v) is 5.83. The Morgan fingerprint density at radius 2 is 2.15 bits per heavy atom. The lowest BCUT2D eigenvalue weighted by molar-refractivity contribution is 0.388. The number of fused-ring (bicyclic) bond motifs is 2. The molecule has 2 aliphatic carbocycles. The first kappa shape index (κ1) is 10.3. The van der Waals surface area contributed by atoms with Crippen molar-refractivity contribution in [3.63, 3.8) is 0 Å². The third-order valence-electron chi connectivity index (χ3n) is 3.31. The van der Waals surface area contributed by atoms with Crippen LogP contribution in [-0.2, 0) is 0 Å². The second-order valence-electron chi connectivity index (χ2n) is 4.34. The fraction of sp³-hybridized carbons (Fsp3) is 0.778. The molecule has 2 atom stereocenters. The normalized spacial score (nSPS) is 37.3. The van der Waals surface area contributed by atoms with E-state index in [0.29, 0.717) is 5.41 Å². The first-order valence-electron chi connectivity index (χ1n) is 4.75. The van der Waals surface area contributed by atoms with Gasteiger partial charge in [0.05, 0.1) is 0 Å². The van der Waals surface area contributed by atoms with E-state index in [2.05, 4.69) is 12.2 Å². The summed E-state index contributed by atoms with van der Waals surface area (Å²) in [4.78, 5) is 0. The Balaban J connectivity index is 1.92. The molecule has 2 aliphatic rings. The number of hydrogen-bond donors (Lipinski definition) is 0. The minimum atomic E-state index is -2.39. The van der Waals surface area contributed by atoms with Gasteiger partial charge in [-0.25, -0.2) is 0 Å². The predicted octanol–water partition coefficient (Wildman–Crippen LogP) is 4.39. The van der Waals surface area contributed by atoms with Gasteiger partial charge in [0, 0.05) is 0 Å². The summed E-state index contributed by atoms with van der Waals surface area (Å²) in [5.41, 5.74) is 0.418. The zero-order valence-corrected chi connectivity index (χ0v) is 10.7. The summed E-state index contributed by atoms with van der Waals surface area (Å²) in [5, 5.41) is 0. The molecule has 2 rings (SSSR count). The molecule has 1 fully saturated rings. The van der Waals surface area contributed by atoms with Gasteiger partial charge in [-0.1, -0.05) is 12.2 Å². The van der Waals surface area contributed by atoms with Crippen molar-refractivity contribution in [3.05, 3.63) is 12.2 Å². The van der Waals surface area contributed by atoms with Crippen molar-refractivity contribution >= 4 is 39.2 Å². The summed E-state index contributed by atoms with van der Waals surface area (Å²) in [6, 6.07) is -1.57. The zero-order valence-electron chi connectivity index (χ0n) is 7.40. The Morgan fingerprint density at radius 1 is 1.38 bits per heavy atom. The molecule has 74 valence electrons. The van der Waals surface area contributed by atoms with Gasteiger partial charge in [-0.3, -0.25) is 0 Å². The smallest absolute Gasteiger partial charge is 0.126 e. The Labute approximate surface area is 94.4 Å². The van der Waals surface area contributed by atoms with Crippen LogP contribution in [0.4, 0.5) is 0 Å². The summed E-state index contributed by atoms with van der Waals surface area (Å²) in [6.07, 6.45) is 9.77. The second kappa shape index (κ2) is 3.44.